The maximum Gasteiger partial charge on any atom is 0.337 e. The summed E-state index contributed by atoms with van der Waals surface area (Å²) >= 11 is 6.59. The average molecular weight is 469 g/mol. The van der Waals surface area contributed by atoms with Crippen LogP contribution in [0.15, 0.2) is 47.4 Å². The number of anilines is 1. The van der Waals surface area contributed by atoms with Gasteiger partial charge in [-0.15, -0.1) is 0 Å². The zero-order valence-electron chi connectivity index (χ0n) is 18.1. The lowest BCUT2D eigenvalue weighted by Crippen LogP contribution is -2.29. The summed E-state index contributed by atoms with van der Waals surface area (Å²) in [6.07, 6.45) is 2.54. The largest absolute Gasteiger partial charge is 0.465 e. The van der Waals surface area contributed by atoms with Crippen molar-refractivity contribution in [3.63, 3.8) is 0 Å². The van der Waals surface area contributed by atoms with Crippen LogP contribution in [0, 0.1) is 13.8 Å². The number of hydrogen-bond donors (Lipinski definition) is 1. The van der Waals surface area contributed by atoms with Crippen LogP contribution in [0.3, 0.4) is 0 Å². The first-order chi connectivity index (χ1) is 15.3. The predicted octanol–water partition coefficient (Wildman–Crippen LogP) is 4.71. The van der Waals surface area contributed by atoms with Crippen molar-refractivity contribution < 1.29 is 19.1 Å². The monoisotopic (exact) mass is 468 g/mol. The predicted molar refractivity (Wildman–Crippen MR) is 131 cm³/mol. The van der Waals surface area contributed by atoms with Crippen LogP contribution in [-0.4, -0.2) is 40.7 Å². The summed E-state index contributed by atoms with van der Waals surface area (Å²) in [6, 6.07) is 12.6. The average Bonchev–Trinajstić information content (AvgIpc) is 3.03. The molecule has 0 saturated carbocycles. The summed E-state index contributed by atoms with van der Waals surface area (Å²) in [5.74, 6) is -0.684. The zero-order chi connectivity index (χ0) is 23.3. The maximum atomic E-state index is 12.8. The molecule has 0 spiro atoms. The first-order valence-electron chi connectivity index (χ1n) is 10.1. The van der Waals surface area contributed by atoms with E-state index in [-0.39, 0.29) is 18.2 Å². The summed E-state index contributed by atoms with van der Waals surface area (Å²) in [6.45, 7) is 4.40. The molecule has 1 aliphatic rings. The Morgan fingerprint density at radius 3 is 2.50 bits per heavy atom. The number of carbonyl (C=O) groups is 3. The van der Waals surface area contributed by atoms with Crippen molar-refractivity contribution in [2.24, 2.45) is 0 Å². The van der Waals surface area contributed by atoms with E-state index in [1.54, 1.807) is 30.3 Å². The Kier molecular flexibility index (Phi) is 7.82. The van der Waals surface area contributed by atoms with Gasteiger partial charge in [0, 0.05) is 18.7 Å². The van der Waals surface area contributed by atoms with Crippen LogP contribution in [0.2, 0.25) is 0 Å². The summed E-state index contributed by atoms with van der Waals surface area (Å²) in [4.78, 5) is 38.6. The van der Waals surface area contributed by atoms with Gasteiger partial charge in [-0.05, 0) is 67.3 Å². The van der Waals surface area contributed by atoms with E-state index in [0.29, 0.717) is 27.8 Å². The molecule has 6 nitrogen and oxygen atoms in total. The smallest absolute Gasteiger partial charge is 0.337 e. The molecule has 32 heavy (non-hydrogen) atoms. The molecule has 0 radical (unpaired) electrons. The highest BCUT2D eigenvalue weighted by atomic mass is 32.2. The summed E-state index contributed by atoms with van der Waals surface area (Å²) in [5, 5.41) is 2.89. The van der Waals surface area contributed by atoms with E-state index in [0.717, 1.165) is 16.8 Å². The fraction of sp³-hybridized carbons (Fsp3) is 0.250. The molecule has 2 aromatic carbocycles. The number of benzene rings is 2. The van der Waals surface area contributed by atoms with Gasteiger partial charge in [-0.25, -0.2) is 4.79 Å². The highest BCUT2D eigenvalue weighted by molar-refractivity contribution is 8.26. The minimum absolute atomic E-state index is 0.0973. The molecule has 1 saturated heterocycles. The fourth-order valence-corrected chi connectivity index (χ4v) is 4.43. The minimum Gasteiger partial charge on any atom is -0.465 e. The van der Waals surface area contributed by atoms with Gasteiger partial charge in [0.2, 0.25) is 5.91 Å². The number of esters is 1. The summed E-state index contributed by atoms with van der Waals surface area (Å²) in [5.41, 5.74) is 4.28. The third-order valence-electron chi connectivity index (χ3n) is 5.08. The minimum atomic E-state index is -0.413. The molecule has 2 amide bonds. The molecular formula is C24H24N2O4S2. The van der Waals surface area contributed by atoms with Crippen molar-refractivity contribution in [3.05, 3.63) is 69.6 Å². The Bertz CT molecular complexity index is 1090. The van der Waals surface area contributed by atoms with Crippen molar-refractivity contribution in [3.8, 4) is 0 Å². The summed E-state index contributed by atoms with van der Waals surface area (Å²) < 4.78 is 5.16. The number of rotatable bonds is 7. The van der Waals surface area contributed by atoms with E-state index in [9.17, 15) is 14.4 Å². The van der Waals surface area contributed by atoms with Gasteiger partial charge in [0.15, 0.2) is 0 Å². The van der Waals surface area contributed by atoms with Gasteiger partial charge < -0.3 is 10.1 Å². The number of thioether (sulfide) groups is 1. The van der Waals surface area contributed by atoms with Crippen LogP contribution in [0.25, 0.3) is 6.08 Å². The number of carbonyl (C=O) groups excluding carboxylic acids is 3. The Labute approximate surface area is 197 Å². The number of hydrogen-bond acceptors (Lipinski definition) is 6. The second-order valence-corrected chi connectivity index (χ2v) is 9.07. The van der Waals surface area contributed by atoms with Crippen LogP contribution < -0.4 is 5.32 Å². The van der Waals surface area contributed by atoms with Gasteiger partial charge in [-0.1, -0.05) is 42.2 Å². The van der Waals surface area contributed by atoms with Crippen molar-refractivity contribution in [1.82, 2.24) is 4.90 Å². The van der Waals surface area contributed by atoms with Crippen molar-refractivity contribution >= 4 is 57.8 Å². The number of aryl methyl sites for hydroxylation is 2. The lowest BCUT2D eigenvalue weighted by atomic mass is 10.1. The van der Waals surface area contributed by atoms with Gasteiger partial charge in [-0.3, -0.25) is 14.5 Å². The van der Waals surface area contributed by atoms with E-state index >= 15 is 0 Å². The molecule has 1 aliphatic heterocycles. The molecule has 0 aromatic heterocycles. The third-order valence-corrected chi connectivity index (χ3v) is 6.46. The van der Waals surface area contributed by atoms with E-state index in [2.05, 4.69) is 10.1 Å². The molecule has 2 aromatic rings. The lowest BCUT2D eigenvalue weighted by molar-refractivity contribution is -0.122. The molecule has 0 bridgehead atoms. The Balaban J connectivity index is 1.54. The van der Waals surface area contributed by atoms with E-state index in [1.165, 1.54) is 29.3 Å². The van der Waals surface area contributed by atoms with E-state index in [1.807, 2.05) is 32.0 Å². The number of thiocarbonyl (C=S) groups is 1. The number of nitrogens with zero attached hydrogens (tertiary/aromatic N) is 1. The van der Waals surface area contributed by atoms with E-state index < -0.39 is 5.97 Å². The molecule has 0 aliphatic carbocycles. The molecular weight excluding hydrogens is 444 g/mol. The van der Waals surface area contributed by atoms with Gasteiger partial charge in [0.05, 0.1) is 17.6 Å². The Morgan fingerprint density at radius 1 is 1.12 bits per heavy atom. The van der Waals surface area contributed by atoms with Gasteiger partial charge in [0.25, 0.3) is 5.91 Å². The third kappa shape index (κ3) is 5.83. The number of methoxy groups -OCH3 is 1. The van der Waals surface area contributed by atoms with E-state index in [4.69, 9.17) is 12.2 Å². The Hall–Kier alpha value is -2.97. The van der Waals surface area contributed by atoms with Crippen LogP contribution in [-0.2, 0) is 14.3 Å². The number of ether oxygens (including phenoxy) is 1. The van der Waals surface area contributed by atoms with Crippen molar-refractivity contribution in [1.29, 1.82) is 0 Å². The van der Waals surface area contributed by atoms with Gasteiger partial charge >= 0.3 is 5.97 Å². The van der Waals surface area contributed by atoms with Gasteiger partial charge in [-0.2, -0.15) is 0 Å². The second-order valence-electron chi connectivity index (χ2n) is 7.40. The van der Waals surface area contributed by atoms with Crippen LogP contribution >= 0.6 is 24.0 Å². The zero-order valence-corrected chi connectivity index (χ0v) is 19.8. The van der Waals surface area contributed by atoms with Crippen LogP contribution in [0.5, 0.6) is 0 Å². The van der Waals surface area contributed by atoms with Crippen LogP contribution in [0.4, 0.5) is 5.69 Å². The SMILES string of the molecule is COC(=O)c1ccc(/C=C2\SC(=S)N(CCCC(=O)Nc3ccc(C)c(C)c3)C2=O)cc1. The summed E-state index contributed by atoms with van der Waals surface area (Å²) in [7, 11) is 1.33. The maximum absolute atomic E-state index is 12.8. The van der Waals surface area contributed by atoms with Gasteiger partial charge in [0.1, 0.15) is 4.32 Å². The number of amides is 2. The molecule has 3 rings (SSSR count). The molecule has 1 fully saturated rings. The highest BCUT2D eigenvalue weighted by Gasteiger charge is 2.31. The standard InChI is InChI=1S/C24H24N2O4S2/c1-15-6-11-19(13-16(15)2)25-21(27)5-4-12-26-22(28)20(32-24(26)31)14-17-7-9-18(10-8-17)23(29)30-3/h6-11,13-14H,4-5,12H2,1-3H3,(H,25,27)/b20-14-. The first-order valence-corrected chi connectivity index (χ1v) is 11.3. The Morgan fingerprint density at radius 2 is 1.84 bits per heavy atom. The molecule has 1 heterocycles. The quantitative estimate of drug-likeness (QED) is 0.360. The molecule has 1 N–H and O–H groups in total. The fourth-order valence-electron chi connectivity index (χ4n) is 3.12. The topological polar surface area (TPSA) is 75.7 Å². The molecule has 8 heteroatoms. The highest BCUT2D eigenvalue weighted by Crippen LogP contribution is 2.32. The molecule has 0 atom stereocenters. The lowest BCUT2D eigenvalue weighted by Gasteiger charge is -2.14. The molecule has 0 unspecified atom stereocenters. The number of nitrogens with one attached hydrogen (secondary N) is 1. The second kappa shape index (κ2) is 10.6. The molecule has 166 valence electrons. The van der Waals surface area contributed by atoms with Crippen molar-refractivity contribution in [2.45, 2.75) is 26.7 Å². The van der Waals surface area contributed by atoms with Crippen molar-refractivity contribution in [2.75, 3.05) is 19.0 Å². The first kappa shape index (κ1) is 23.7. The normalized spacial score (nSPS) is 14.7. The van der Waals surface area contributed by atoms with Crippen LogP contribution in [0.1, 0.15) is 39.9 Å².